The van der Waals surface area contributed by atoms with Crippen molar-refractivity contribution in [3.8, 4) is 0 Å². The summed E-state index contributed by atoms with van der Waals surface area (Å²) in [6.07, 6.45) is 3.57. The maximum Gasteiger partial charge on any atom is 0.0814 e. The lowest BCUT2D eigenvalue weighted by Crippen LogP contribution is -2.07. The van der Waals surface area contributed by atoms with Crippen LogP contribution in [0.25, 0.3) is 0 Å². The SMILES string of the molecule is B.CN(C)c1ccncc1.F.F.F. The van der Waals surface area contributed by atoms with Crippen molar-refractivity contribution in [2.45, 2.75) is 0 Å². The number of nitrogens with zero attached hydrogens (tertiary/aromatic N) is 2. The van der Waals surface area contributed by atoms with Crippen LogP contribution in [0.4, 0.5) is 19.8 Å². The van der Waals surface area contributed by atoms with Gasteiger partial charge in [0.05, 0.1) is 8.41 Å². The van der Waals surface area contributed by atoms with Crippen molar-refractivity contribution in [3.05, 3.63) is 24.5 Å². The van der Waals surface area contributed by atoms with Gasteiger partial charge in [-0.2, -0.15) is 0 Å². The van der Waals surface area contributed by atoms with Crippen molar-refractivity contribution < 1.29 is 14.1 Å². The van der Waals surface area contributed by atoms with Gasteiger partial charge >= 0.3 is 0 Å². The average Bonchev–Trinajstić information content (AvgIpc) is 1.90. The van der Waals surface area contributed by atoms with E-state index in [4.69, 9.17) is 0 Å². The second-order valence-electron chi connectivity index (χ2n) is 2.10. The minimum absolute atomic E-state index is 0. The van der Waals surface area contributed by atoms with Crippen LogP contribution in [0.2, 0.25) is 0 Å². The van der Waals surface area contributed by atoms with Gasteiger partial charge in [0.2, 0.25) is 0 Å². The number of hydrogen-bond donors (Lipinski definition) is 0. The molecule has 1 heterocycles. The summed E-state index contributed by atoms with van der Waals surface area (Å²) in [6.45, 7) is 0. The molecule has 78 valence electrons. The average molecular weight is 196 g/mol. The molecule has 0 spiro atoms. The minimum atomic E-state index is 0. The van der Waals surface area contributed by atoms with E-state index in [0.29, 0.717) is 0 Å². The van der Waals surface area contributed by atoms with Crippen LogP contribution in [0, 0.1) is 0 Å². The lowest BCUT2D eigenvalue weighted by molar-refractivity contribution is 1.11. The first-order valence-corrected chi connectivity index (χ1v) is 2.88. The summed E-state index contributed by atoms with van der Waals surface area (Å²) >= 11 is 0. The molecule has 0 saturated carbocycles. The zero-order valence-electron chi connectivity index (χ0n) is 6.93. The topological polar surface area (TPSA) is 16.1 Å². The number of anilines is 1. The predicted octanol–water partition coefficient (Wildman–Crippen LogP) is 0.421. The summed E-state index contributed by atoms with van der Waals surface area (Å²) in [6, 6.07) is 3.94. The van der Waals surface area contributed by atoms with Crippen LogP contribution in [0.3, 0.4) is 0 Å². The van der Waals surface area contributed by atoms with Crippen molar-refractivity contribution in [2.24, 2.45) is 0 Å². The normalized spacial score (nSPS) is 6.31. The molecule has 6 heteroatoms. The molecule has 0 amide bonds. The molecule has 0 aliphatic heterocycles. The van der Waals surface area contributed by atoms with Gasteiger partial charge in [-0.05, 0) is 12.1 Å². The molecule has 1 aromatic rings. The molecule has 0 bridgehead atoms. The van der Waals surface area contributed by atoms with Crippen LogP contribution in [-0.2, 0) is 0 Å². The lowest BCUT2D eigenvalue weighted by atomic mass is 10.4. The molecule has 0 aliphatic carbocycles. The molecule has 1 aromatic heterocycles. The predicted molar refractivity (Wildman–Crippen MR) is 56.0 cm³/mol. The first-order chi connectivity index (χ1) is 4.30. The second-order valence-corrected chi connectivity index (χ2v) is 2.10. The number of aromatic nitrogens is 1. The van der Waals surface area contributed by atoms with E-state index < -0.39 is 0 Å². The monoisotopic (exact) mass is 196 g/mol. The highest BCUT2D eigenvalue weighted by Crippen LogP contribution is 2.05. The number of rotatable bonds is 1. The van der Waals surface area contributed by atoms with Crippen LogP contribution in [-0.4, -0.2) is 27.5 Å². The van der Waals surface area contributed by atoms with E-state index in [2.05, 4.69) is 4.98 Å². The van der Waals surface area contributed by atoms with E-state index in [0.717, 1.165) is 0 Å². The summed E-state index contributed by atoms with van der Waals surface area (Å²) in [5.74, 6) is 0. The Morgan fingerprint density at radius 2 is 1.38 bits per heavy atom. The summed E-state index contributed by atoms with van der Waals surface area (Å²) in [5, 5.41) is 0. The van der Waals surface area contributed by atoms with Crippen molar-refractivity contribution in [1.82, 2.24) is 4.98 Å². The quantitative estimate of drug-likeness (QED) is 0.605. The zero-order chi connectivity index (χ0) is 6.69. The van der Waals surface area contributed by atoms with Gasteiger partial charge in [-0.3, -0.25) is 19.1 Å². The van der Waals surface area contributed by atoms with Crippen molar-refractivity contribution in [1.29, 1.82) is 0 Å². The fraction of sp³-hybridized carbons (Fsp3) is 0.286. The molecule has 0 radical (unpaired) electrons. The first-order valence-electron chi connectivity index (χ1n) is 2.88. The molecular weight excluding hydrogens is 180 g/mol. The Bertz CT molecular complexity index is 184. The van der Waals surface area contributed by atoms with Crippen LogP contribution >= 0.6 is 0 Å². The third-order valence-electron chi connectivity index (χ3n) is 1.18. The lowest BCUT2D eigenvalue weighted by Gasteiger charge is -2.10. The van der Waals surface area contributed by atoms with E-state index in [1.807, 2.05) is 31.1 Å². The number of halogens is 3. The standard InChI is InChI=1S/C7H10N2.BH3.3FH/c1-9(2)7-3-5-8-6-4-7;;;;/h3-6H,1-2H3;1H3;3*1H. The van der Waals surface area contributed by atoms with Crippen LogP contribution < -0.4 is 4.90 Å². The Morgan fingerprint density at radius 1 is 1.00 bits per heavy atom. The Morgan fingerprint density at radius 3 is 1.62 bits per heavy atom. The molecule has 2 nitrogen and oxygen atoms in total. The number of hydrogen-bond acceptors (Lipinski definition) is 2. The maximum atomic E-state index is 3.90. The van der Waals surface area contributed by atoms with E-state index in [9.17, 15) is 0 Å². The summed E-state index contributed by atoms with van der Waals surface area (Å²) in [5.41, 5.74) is 1.19. The third kappa shape index (κ3) is 7.18. The highest BCUT2D eigenvalue weighted by molar-refractivity contribution is 5.75. The highest BCUT2D eigenvalue weighted by atomic mass is 19.0. The highest BCUT2D eigenvalue weighted by Gasteiger charge is 1.88. The fourth-order valence-electron chi connectivity index (χ4n) is 0.642. The van der Waals surface area contributed by atoms with Gasteiger partial charge in [0.1, 0.15) is 0 Å². The van der Waals surface area contributed by atoms with Gasteiger partial charge in [-0.25, -0.2) is 0 Å². The maximum absolute atomic E-state index is 3.90. The second kappa shape index (κ2) is 10.8. The van der Waals surface area contributed by atoms with Gasteiger partial charge < -0.3 is 4.90 Å². The molecule has 0 N–H and O–H groups in total. The largest absolute Gasteiger partial charge is 0.378 e. The number of pyridine rings is 1. The Kier molecular flexibility index (Phi) is 18.8. The molecule has 0 atom stereocenters. The minimum Gasteiger partial charge on any atom is -0.378 e. The molecule has 0 saturated heterocycles. The molecular formula is C7H16BF3N2. The Balaban J connectivity index is -0.000000101. The summed E-state index contributed by atoms with van der Waals surface area (Å²) in [4.78, 5) is 5.94. The third-order valence-corrected chi connectivity index (χ3v) is 1.18. The smallest absolute Gasteiger partial charge is 0.0814 e. The van der Waals surface area contributed by atoms with Gasteiger partial charge in [0.25, 0.3) is 0 Å². The molecule has 0 aromatic carbocycles. The van der Waals surface area contributed by atoms with Crippen LogP contribution in [0.15, 0.2) is 24.5 Å². The van der Waals surface area contributed by atoms with Gasteiger partial charge in [-0.15, -0.1) is 0 Å². The molecule has 13 heavy (non-hydrogen) atoms. The van der Waals surface area contributed by atoms with Crippen molar-refractivity contribution in [3.63, 3.8) is 0 Å². The van der Waals surface area contributed by atoms with Gasteiger partial charge in [0.15, 0.2) is 0 Å². The van der Waals surface area contributed by atoms with Gasteiger partial charge in [-0.1, -0.05) is 0 Å². The van der Waals surface area contributed by atoms with E-state index >= 15 is 0 Å². The fourth-order valence-corrected chi connectivity index (χ4v) is 0.642. The molecule has 0 unspecified atom stereocenters. The first kappa shape index (κ1) is 22.6. The van der Waals surface area contributed by atoms with Crippen LogP contribution in [0.1, 0.15) is 0 Å². The molecule has 0 aliphatic rings. The summed E-state index contributed by atoms with van der Waals surface area (Å²) < 4.78 is 0. The van der Waals surface area contributed by atoms with E-state index in [1.54, 1.807) is 12.4 Å². The Hall–Kier alpha value is -1.20. The molecule has 0 fully saturated rings. The molecule has 1 rings (SSSR count). The summed E-state index contributed by atoms with van der Waals surface area (Å²) in [7, 11) is 4.02. The van der Waals surface area contributed by atoms with Gasteiger partial charge in [0, 0.05) is 32.2 Å². The Labute approximate surface area is 77.6 Å². The van der Waals surface area contributed by atoms with Crippen molar-refractivity contribution >= 4 is 14.1 Å². The van der Waals surface area contributed by atoms with E-state index in [-0.39, 0.29) is 22.5 Å². The van der Waals surface area contributed by atoms with Crippen molar-refractivity contribution in [2.75, 3.05) is 19.0 Å². The van der Waals surface area contributed by atoms with Crippen LogP contribution in [0.5, 0.6) is 0 Å². The zero-order valence-corrected chi connectivity index (χ0v) is 6.93. The van der Waals surface area contributed by atoms with E-state index in [1.165, 1.54) is 5.69 Å².